The van der Waals surface area contributed by atoms with Crippen LogP contribution in [0.25, 0.3) is 0 Å². The van der Waals surface area contributed by atoms with Gasteiger partial charge in [0.15, 0.2) is 11.5 Å². The molecule has 1 aliphatic rings. The maximum atomic E-state index is 8.83. The van der Waals surface area contributed by atoms with E-state index >= 15 is 0 Å². The van der Waals surface area contributed by atoms with E-state index in [4.69, 9.17) is 14.6 Å². The van der Waals surface area contributed by atoms with E-state index in [-0.39, 0.29) is 6.61 Å². The summed E-state index contributed by atoms with van der Waals surface area (Å²) in [6, 6.07) is 4.36. The predicted octanol–water partition coefficient (Wildman–Crippen LogP) is 2.46. The molecule has 0 aromatic heterocycles. The van der Waals surface area contributed by atoms with Gasteiger partial charge in [-0.05, 0) is 35.6 Å². The first-order valence-electron chi connectivity index (χ1n) is 7.13. The lowest BCUT2D eigenvalue weighted by atomic mass is 9.91. The number of aliphatic hydroxyl groups is 1. The third kappa shape index (κ3) is 3.31. The van der Waals surface area contributed by atoms with Crippen molar-refractivity contribution in [3.05, 3.63) is 23.3 Å². The van der Waals surface area contributed by atoms with Crippen molar-refractivity contribution in [2.45, 2.75) is 32.7 Å². The predicted molar refractivity (Wildman–Crippen MR) is 80.1 cm³/mol. The van der Waals surface area contributed by atoms with E-state index in [1.54, 1.807) is 7.11 Å². The molecule has 4 heteroatoms. The second-order valence-corrected chi connectivity index (χ2v) is 5.42. The Labute approximate surface area is 120 Å². The van der Waals surface area contributed by atoms with Crippen LogP contribution in [0.5, 0.6) is 11.5 Å². The molecule has 1 N–H and O–H groups in total. The number of fused-ring (bicyclic) bond motifs is 1. The fourth-order valence-corrected chi connectivity index (χ4v) is 2.30. The molecule has 0 bridgehead atoms. The fourth-order valence-electron chi connectivity index (χ4n) is 2.30. The molecule has 2 rings (SSSR count). The van der Waals surface area contributed by atoms with E-state index in [0.29, 0.717) is 25.0 Å². The number of rotatable bonds is 6. The molecule has 0 saturated heterocycles. The number of methoxy groups -OCH3 is 1. The molecule has 1 atom stereocenters. The third-order valence-electron chi connectivity index (χ3n) is 3.59. The summed E-state index contributed by atoms with van der Waals surface area (Å²) in [5.74, 6) is 1.99. The van der Waals surface area contributed by atoms with Crippen molar-refractivity contribution in [3.8, 4) is 11.5 Å². The zero-order valence-electron chi connectivity index (χ0n) is 12.4. The highest BCUT2D eigenvalue weighted by atomic mass is 16.5. The Kier molecular flexibility index (Phi) is 5.01. The quantitative estimate of drug-likeness (QED) is 0.813. The van der Waals surface area contributed by atoms with Gasteiger partial charge < -0.3 is 14.6 Å². The number of hydrogen-bond acceptors (Lipinski definition) is 4. The smallest absolute Gasteiger partial charge is 0.161 e. The first-order chi connectivity index (χ1) is 9.65. The Bertz CT molecular complexity index is 483. The SMILES string of the molecule is COc1cc2c(cc1OCCCO)C[C@@H](C(C)C)N=C2. The normalized spacial score (nSPS) is 17.1. The van der Waals surface area contributed by atoms with Crippen LogP contribution in [0.4, 0.5) is 0 Å². The van der Waals surface area contributed by atoms with Gasteiger partial charge in [0.05, 0.1) is 19.8 Å². The molecule has 0 fully saturated rings. The van der Waals surface area contributed by atoms with Crippen molar-refractivity contribution < 1.29 is 14.6 Å². The van der Waals surface area contributed by atoms with Gasteiger partial charge in [0, 0.05) is 19.2 Å². The lowest BCUT2D eigenvalue weighted by Gasteiger charge is -2.23. The van der Waals surface area contributed by atoms with Crippen LogP contribution in [0.15, 0.2) is 17.1 Å². The first kappa shape index (κ1) is 14.9. The average Bonchev–Trinajstić information content (AvgIpc) is 2.46. The van der Waals surface area contributed by atoms with Gasteiger partial charge in [0.2, 0.25) is 0 Å². The van der Waals surface area contributed by atoms with Crippen molar-refractivity contribution in [2.24, 2.45) is 10.9 Å². The van der Waals surface area contributed by atoms with Crippen LogP contribution in [0.2, 0.25) is 0 Å². The summed E-state index contributed by atoms with van der Waals surface area (Å²) < 4.78 is 11.1. The van der Waals surface area contributed by atoms with E-state index in [1.807, 2.05) is 18.3 Å². The van der Waals surface area contributed by atoms with Crippen molar-refractivity contribution in [2.75, 3.05) is 20.3 Å². The molecule has 4 nitrogen and oxygen atoms in total. The van der Waals surface area contributed by atoms with E-state index in [0.717, 1.165) is 23.5 Å². The molecule has 0 amide bonds. The van der Waals surface area contributed by atoms with Crippen LogP contribution < -0.4 is 9.47 Å². The second kappa shape index (κ2) is 6.75. The maximum Gasteiger partial charge on any atom is 0.161 e. The highest BCUT2D eigenvalue weighted by Gasteiger charge is 2.20. The van der Waals surface area contributed by atoms with E-state index < -0.39 is 0 Å². The van der Waals surface area contributed by atoms with Crippen LogP contribution in [0.3, 0.4) is 0 Å². The topological polar surface area (TPSA) is 51.0 Å². The zero-order valence-corrected chi connectivity index (χ0v) is 12.4. The van der Waals surface area contributed by atoms with Crippen LogP contribution in [0.1, 0.15) is 31.4 Å². The molecule has 110 valence electrons. The average molecular weight is 277 g/mol. The molecule has 0 radical (unpaired) electrons. The van der Waals surface area contributed by atoms with E-state index in [1.165, 1.54) is 5.56 Å². The first-order valence-corrected chi connectivity index (χ1v) is 7.13. The van der Waals surface area contributed by atoms with E-state index in [9.17, 15) is 0 Å². The second-order valence-electron chi connectivity index (χ2n) is 5.42. The minimum atomic E-state index is 0.134. The van der Waals surface area contributed by atoms with Gasteiger partial charge in [-0.2, -0.15) is 0 Å². The van der Waals surface area contributed by atoms with Gasteiger partial charge in [0.25, 0.3) is 0 Å². The van der Waals surface area contributed by atoms with Gasteiger partial charge in [-0.1, -0.05) is 13.8 Å². The molecule has 1 aromatic carbocycles. The standard InChI is InChI=1S/C16H23NO3/c1-11(2)14-7-12-8-16(20-6-4-5-18)15(19-3)9-13(12)10-17-14/h8-11,14,18H,4-7H2,1-3H3/t14-/m0/s1. The molecule has 1 aliphatic heterocycles. The number of ether oxygens (including phenoxy) is 2. The summed E-state index contributed by atoms with van der Waals surface area (Å²) in [7, 11) is 1.64. The van der Waals surface area contributed by atoms with Crippen molar-refractivity contribution >= 4 is 6.21 Å². The highest BCUT2D eigenvalue weighted by molar-refractivity contribution is 5.84. The summed E-state index contributed by atoms with van der Waals surface area (Å²) in [6.45, 7) is 5.01. The van der Waals surface area contributed by atoms with E-state index in [2.05, 4.69) is 18.8 Å². The van der Waals surface area contributed by atoms with Crippen molar-refractivity contribution in [3.63, 3.8) is 0 Å². The Balaban J connectivity index is 2.23. The minimum absolute atomic E-state index is 0.134. The summed E-state index contributed by atoms with van der Waals surface area (Å²) in [4.78, 5) is 4.60. The number of aliphatic hydroxyl groups excluding tert-OH is 1. The molecule has 0 unspecified atom stereocenters. The third-order valence-corrected chi connectivity index (χ3v) is 3.59. The summed E-state index contributed by atoms with van der Waals surface area (Å²) in [6.07, 6.45) is 3.49. The van der Waals surface area contributed by atoms with Gasteiger partial charge >= 0.3 is 0 Å². The Morgan fingerprint density at radius 1 is 1.35 bits per heavy atom. The van der Waals surface area contributed by atoms with Gasteiger partial charge in [-0.3, -0.25) is 4.99 Å². The summed E-state index contributed by atoms with van der Waals surface area (Å²) >= 11 is 0. The Morgan fingerprint density at radius 2 is 2.15 bits per heavy atom. The van der Waals surface area contributed by atoms with Crippen molar-refractivity contribution in [1.29, 1.82) is 0 Å². The molecule has 0 saturated carbocycles. The van der Waals surface area contributed by atoms with Crippen LogP contribution in [0, 0.1) is 5.92 Å². The highest BCUT2D eigenvalue weighted by Crippen LogP contribution is 2.33. The van der Waals surface area contributed by atoms with Crippen LogP contribution >= 0.6 is 0 Å². The molecule has 20 heavy (non-hydrogen) atoms. The van der Waals surface area contributed by atoms with Gasteiger partial charge in [0.1, 0.15) is 0 Å². The number of benzene rings is 1. The Hall–Kier alpha value is -1.55. The zero-order chi connectivity index (χ0) is 14.5. The number of nitrogens with zero attached hydrogens (tertiary/aromatic N) is 1. The fraction of sp³-hybridized carbons (Fsp3) is 0.562. The lowest BCUT2D eigenvalue weighted by molar-refractivity contribution is 0.228. The van der Waals surface area contributed by atoms with Gasteiger partial charge in [-0.25, -0.2) is 0 Å². The molecule has 1 heterocycles. The maximum absolute atomic E-state index is 8.83. The number of aliphatic imine (C=N–C) groups is 1. The molecular weight excluding hydrogens is 254 g/mol. The summed E-state index contributed by atoms with van der Waals surface area (Å²) in [5, 5.41) is 8.83. The van der Waals surface area contributed by atoms with Gasteiger partial charge in [-0.15, -0.1) is 0 Å². The molecule has 1 aromatic rings. The Morgan fingerprint density at radius 3 is 2.80 bits per heavy atom. The monoisotopic (exact) mass is 277 g/mol. The summed E-state index contributed by atoms with van der Waals surface area (Å²) in [5.41, 5.74) is 2.35. The van der Waals surface area contributed by atoms with Crippen LogP contribution in [-0.4, -0.2) is 37.7 Å². The largest absolute Gasteiger partial charge is 0.493 e. The molecular formula is C16H23NO3. The minimum Gasteiger partial charge on any atom is -0.493 e. The lowest BCUT2D eigenvalue weighted by Crippen LogP contribution is -2.21. The molecule has 0 aliphatic carbocycles. The van der Waals surface area contributed by atoms with Crippen molar-refractivity contribution in [1.82, 2.24) is 0 Å². The van der Waals surface area contributed by atoms with Crippen LogP contribution in [-0.2, 0) is 6.42 Å². The number of hydrogen-bond donors (Lipinski definition) is 1. The molecule has 0 spiro atoms.